The van der Waals surface area contributed by atoms with Crippen LogP contribution in [0.3, 0.4) is 0 Å². The summed E-state index contributed by atoms with van der Waals surface area (Å²) in [7, 11) is 0. The van der Waals surface area contributed by atoms with Gasteiger partial charge in [0.15, 0.2) is 0 Å². The summed E-state index contributed by atoms with van der Waals surface area (Å²) in [6.45, 7) is 7.83. The fourth-order valence-electron chi connectivity index (χ4n) is 2.93. The second-order valence-corrected chi connectivity index (χ2v) is 6.27. The van der Waals surface area contributed by atoms with E-state index in [0.717, 1.165) is 31.7 Å². The first kappa shape index (κ1) is 18.1. The first-order valence-electron chi connectivity index (χ1n) is 8.08. The average molecular weight is 328 g/mol. The van der Waals surface area contributed by atoms with Crippen molar-refractivity contribution in [2.75, 3.05) is 32.8 Å². The van der Waals surface area contributed by atoms with Crippen LogP contribution in [0.25, 0.3) is 0 Å². The Morgan fingerprint density at radius 1 is 1.26 bits per heavy atom. The second-order valence-electron chi connectivity index (χ2n) is 6.27. The molecule has 1 aliphatic heterocycles. The van der Waals surface area contributed by atoms with Crippen molar-refractivity contribution in [1.82, 2.24) is 9.80 Å². The van der Waals surface area contributed by atoms with Gasteiger partial charge in [-0.1, -0.05) is 12.1 Å². The number of aliphatic hydroxyl groups is 1. The van der Waals surface area contributed by atoms with Crippen molar-refractivity contribution in [3.05, 3.63) is 29.8 Å². The Bertz CT molecular complexity index is 468. The van der Waals surface area contributed by atoms with Gasteiger partial charge in [-0.15, -0.1) is 0 Å². The van der Waals surface area contributed by atoms with Crippen LogP contribution in [-0.4, -0.2) is 66.3 Å². The molecule has 4 nitrogen and oxygen atoms in total. The van der Waals surface area contributed by atoms with Gasteiger partial charge in [-0.05, 0) is 31.5 Å². The summed E-state index contributed by atoms with van der Waals surface area (Å²) in [6, 6.07) is 7.75. The van der Waals surface area contributed by atoms with E-state index in [2.05, 4.69) is 16.7 Å². The molecule has 1 aliphatic rings. The number of hydrogen-bond donors (Lipinski definition) is 1. The van der Waals surface area contributed by atoms with Crippen LogP contribution in [0.1, 0.15) is 19.4 Å². The summed E-state index contributed by atoms with van der Waals surface area (Å²) in [5, 5.41) is 9.48. The predicted octanol–water partition coefficient (Wildman–Crippen LogP) is 2.22. The van der Waals surface area contributed by atoms with Gasteiger partial charge in [-0.3, -0.25) is 9.80 Å². The van der Waals surface area contributed by atoms with Crippen molar-refractivity contribution in [1.29, 1.82) is 0 Å². The lowest BCUT2D eigenvalue weighted by Gasteiger charge is -2.40. The summed E-state index contributed by atoms with van der Waals surface area (Å²) in [5.74, 6) is 0.476. The fraction of sp³-hybridized carbons (Fsp3) is 0.647. The molecule has 0 bridgehead atoms. The van der Waals surface area contributed by atoms with Gasteiger partial charge in [-0.25, -0.2) is 8.78 Å². The van der Waals surface area contributed by atoms with Crippen LogP contribution in [-0.2, 0) is 6.54 Å². The molecule has 2 rings (SSSR count). The highest BCUT2D eigenvalue weighted by atomic mass is 19.3. The standard InChI is InChI=1S/C17H26F2N2O2/c1-13-9-20(10-14(2)22)7-8-21(13)11-15-3-5-16(6-4-15)23-12-17(18)19/h3-6,13-14,17,22H,7-12H2,1-2H3/t13-,14+/m1/s1. The lowest BCUT2D eigenvalue weighted by Crippen LogP contribution is -2.52. The molecule has 0 unspecified atom stereocenters. The number of nitrogens with zero attached hydrogens (tertiary/aromatic N) is 2. The Hall–Kier alpha value is -1.24. The highest BCUT2D eigenvalue weighted by molar-refractivity contribution is 5.27. The molecule has 0 amide bonds. The molecule has 1 fully saturated rings. The minimum absolute atomic E-state index is 0.297. The first-order valence-corrected chi connectivity index (χ1v) is 8.08. The van der Waals surface area contributed by atoms with E-state index in [1.807, 2.05) is 19.1 Å². The number of ether oxygens (including phenoxy) is 1. The van der Waals surface area contributed by atoms with Gasteiger partial charge in [0.05, 0.1) is 6.10 Å². The zero-order valence-corrected chi connectivity index (χ0v) is 13.8. The van der Waals surface area contributed by atoms with Crippen LogP contribution in [0.4, 0.5) is 8.78 Å². The molecule has 23 heavy (non-hydrogen) atoms. The van der Waals surface area contributed by atoms with E-state index in [-0.39, 0.29) is 6.10 Å². The van der Waals surface area contributed by atoms with E-state index in [1.54, 1.807) is 12.1 Å². The highest BCUT2D eigenvalue weighted by Crippen LogP contribution is 2.17. The molecule has 2 atom stereocenters. The number of rotatable bonds is 7. The number of piperazine rings is 1. The van der Waals surface area contributed by atoms with Gasteiger partial charge in [0.2, 0.25) is 0 Å². The minimum Gasteiger partial charge on any atom is -0.488 e. The SMILES string of the molecule is C[C@H](O)CN1CCN(Cc2ccc(OCC(F)F)cc2)[C@H](C)C1. The Morgan fingerprint density at radius 2 is 1.96 bits per heavy atom. The van der Waals surface area contributed by atoms with E-state index < -0.39 is 13.0 Å². The Balaban J connectivity index is 1.83. The molecule has 1 heterocycles. The van der Waals surface area contributed by atoms with Crippen LogP contribution in [0.2, 0.25) is 0 Å². The van der Waals surface area contributed by atoms with Crippen LogP contribution in [0.15, 0.2) is 24.3 Å². The summed E-state index contributed by atoms with van der Waals surface area (Å²) >= 11 is 0. The van der Waals surface area contributed by atoms with Crippen molar-refractivity contribution >= 4 is 0 Å². The molecule has 0 aliphatic carbocycles. The zero-order valence-electron chi connectivity index (χ0n) is 13.8. The Morgan fingerprint density at radius 3 is 2.52 bits per heavy atom. The number of aliphatic hydroxyl groups excluding tert-OH is 1. The van der Waals surface area contributed by atoms with E-state index in [0.29, 0.717) is 18.3 Å². The monoisotopic (exact) mass is 328 g/mol. The van der Waals surface area contributed by atoms with Gasteiger partial charge < -0.3 is 9.84 Å². The van der Waals surface area contributed by atoms with Crippen LogP contribution in [0, 0.1) is 0 Å². The van der Waals surface area contributed by atoms with Crippen molar-refractivity contribution in [3.63, 3.8) is 0 Å². The summed E-state index contributed by atoms with van der Waals surface area (Å²) < 4.78 is 29.2. The largest absolute Gasteiger partial charge is 0.488 e. The lowest BCUT2D eigenvalue weighted by atomic mass is 10.1. The molecule has 0 spiro atoms. The van der Waals surface area contributed by atoms with Crippen LogP contribution in [0.5, 0.6) is 5.75 Å². The van der Waals surface area contributed by atoms with Gasteiger partial charge in [0.25, 0.3) is 6.43 Å². The average Bonchev–Trinajstić information content (AvgIpc) is 2.48. The first-order chi connectivity index (χ1) is 10.9. The maximum atomic E-state index is 12.1. The van der Waals surface area contributed by atoms with E-state index in [4.69, 9.17) is 4.74 Å². The van der Waals surface area contributed by atoms with Crippen molar-refractivity contribution in [2.24, 2.45) is 0 Å². The molecular formula is C17H26F2N2O2. The molecule has 0 saturated carbocycles. The van der Waals surface area contributed by atoms with Gasteiger partial charge >= 0.3 is 0 Å². The van der Waals surface area contributed by atoms with Gasteiger partial charge in [-0.2, -0.15) is 0 Å². The maximum absolute atomic E-state index is 12.1. The summed E-state index contributed by atoms with van der Waals surface area (Å²) in [5.41, 5.74) is 1.14. The summed E-state index contributed by atoms with van der Waals surface area (Å²) in [4.78, 5) is 4.68. The number of β-amino-alcohol motifs (C(OH)–C–C–N with tert-alkyl or cyclic N) is 1. The minimum atomic E-state index is -2.45. The molecule has 0 radical (unpaired) electrons. The molecule has 1 aromatic carbocycles. The normalized spacial score (nSPS) is 21.6. The molecule has 130 valence electrons. The number of alkyl halides is 2. The van der Waals surface area contributed by atoms with Gasteiger partial charge in [0, 0.05) is 38.8 Å². The Kier molecular flexibility index (Phi) is 6.74. The smallest absolute Gasteiger partial charge is 0.272 e. The third-order valence-corrected chi connectivity index (χ3v) is 4.06. The molecular weight excluding hydrogens is 302 g/mol. The van der Waals surface area contributed by atoms with Crippen molar-refractivity contribution < 1.29 is 18.6 Å². The molecule has 1 N–H and O–H groups in total. The lowest BCUT2D eigenvalue weighted by molar-refractivity contribution is 0.0472. The Labute approximate surface area is 136 Å². The molecule has 1 aromatic rings. The van der Waals surface area contributed by atoms with Crippen molar-refractivity contribution in [2.45, 2.75) is 39.0 Å². The summed E-state index contributed by atoms with van der Waals surface area (Å²) in [6.07, 6.45) is -2.75. The number of halogens is 2. The second kappa shape index (κ2) is 8.57. The van der Waals surface area contributed by atoms with E-state index >= 15 is 0 Å². The highest BCUT2D eigenvalue weighted by Gasteiger charge is 2.24. The van der Waals surface area contributed by atoms with Crippen LogP contribution < -0.4 is 4.74 Å². The van der Waals surface area contributed by atoms with E-state index in [1.165, 1.54) is 0 Å². The molecule has 0 aromatic heterocycles. The number of hydrogen-bond acceptors (Lipinski definition) is 4. The quantitative estimate of drug-likeness (QED) is 0.833. The third kappa shape index (κ3) is 6.05. The predicted molar refractivity (Wildman–Crippen MR) is 85.9 cm³/mol. The topological polar surface area (TPSA) is 35.9 Å². The van der Waals surface area contributed by atoms with Crippen LogP contribution >= 0.6 is 0 Å². The number of benzene rings is 1. The zero-order chi connectivity index (χ0) is 16.8. The van der Waals surface area contributed by atoms with Crippen molar-refractivity contribution in [3.8, 4) is 5.75 Å². The maximum Gasteiger partial charge on any atom is 0.272 e. The van der Waals surface area contributed by atoms with Gasteiger partial charge in [0.1, 0.15) is 12.4 Å². The van der Waals surface area contributed by atoms with E-state index in [9.17, 15) is 13.9 Å². The fourth-order valence-corrected chi connectivity index (χ4v) is 2.93. The third-order valence-electron chi connectivity index (χ3n) is 4.06. The molecule has 1 saturated heterocycles. The molecule has 6 heteroatoms.